The highest BCUT2D eigenvalue weighted by Crippen LogP contribution is 2.31. The van der Waals surface area contributed by atoms with Crippen LogP contribution in [0.15, 0.2) is 54.7 Å². The summed E-state index contributed by atoms with van der Waals surface area (Å²) in [7, 11) is 0. The topological polar surface area (TPSA) is 59.4 Å². The van der Waals surface area contributed by atoms with E-state index < -0.39 is 17.6 Å². The number of carbonyl (C=O) groups is 1. The van der Waals surface area contributed by atoms with Gasteiger partial charge in [-0.05, 0) is 50.3 Å². The Morgan fingerprint density at radius 1 is 1.12 bits per heavy atom. The molecule has 0 fully saturated rings. The Hall–Kier alpha value is -3.33. The lowest BCUT2D eigenvalue weighted by Crippen LogP contribution is -2.28. The average molecular weight is 461 g/mol. The van der Waals surface area contributed by atoms with E-state index in [9.17, 15) is 18.0 Å². The fourth-order valence-electron chi connectivity index (χ4n) is 3.42. The second-order valence-corrected chi connectivity index (χ2v) is 7.43. The molecular formula is C24H27F3N4O2. The molecule has 0 saturated heterocycles. The first-order chi connectivity index (χ1) is 15.7. The summed E-state index contributed by atoms with van der Waals surface area (Å²) in [6.07, 6.45) is -3.12. The average Bonchev–Trinajstić information content (AvgIpc) is 3.18. The van der Waals surface area contributed by atoms with Crippen LogP contribution in [0.25, 0.3) is 5.69 Å². The molecule has 33 heavy (non-hydrogen) atoms. The van der Waals surface area contributed by atoms with Gasteiger partial charge >= 0.3 is 6.18 Å². The van der Waals surface area contributed by atoms with E-state index in [0.29, 0.717) is 23.7 Å². The van der Waals surface area contributed by atoms with Crippen molar-refractivity contribution in [2.24, 2.45) is 0 Å². The Bertz CT molecular complexity index is 1090. The summed E-state index contributed by atoms with van der Waals surface area (Å²) in [4.78, 5) is 15.2. The number of aromatic nitrogens is 2. The Kier molecular flexibility index (Phi) is 7.75. The number of rotatable bonds is 9. The van der Waals surface area contributed by atoms with Gasteiger partial charge in [-0.1, -0.05) is 32.0 Å². The molecule has 0 unspecified atom stereocenters. The van der Waals surface area contributed by atoms with Gasteiger partial charge in [-0.15, -0.1) is 0 Å². The zero-order chi connectivity index (χ0) is 24.0. The van der Waals surface area contributed by atoms with Crippen LogP contribution in [0.1, 0.15) is 35.5 Å². The molecule has 1 amide bonds. The lowest BCUT2D eigenvalue weighted by atomic mass is 10.2. The Morgan fingerprint density at radius 2 is 1.85 bits per heavy atom. The molecule has 0 spiro atoms. The van der Waals surface area contributed by atoms with E-state index >= 15 is 0 Å². The molecule has 3 aromatic rings. The Morgan fingerprint density at radius 3 is 2.55 bits per heavy atom. The number of amides is 1. The summed E-state index contributed by atoms with van der Waals surface area (Å²) in [5.41, 5.74) is 0.628. The maximum atomic E-state index is 13.1. The van der Waals surface area contributed by atoms with Gasteiger partial charge in [0.05, 0.1) is 34.4 Å². The number of carbonyl (C=O) groups excluding carboxylic acids is 1. The number of halogens is 3. The largest absolute Gasteiger partial charge is 0.490 e. The quantitative estimate of drug-likeness (QED) is 0.479. The van der Waals surface area contributed by atoms with Crippen LogP contribution in [0.4, 0.5) is 18.9 Å². The van der Waals surface area contributed by atoms with Crippen LogP contribution in [-0.4, -0.2) is 46.8 Å². The van der Waals surface area contributed by atoms with Gasteiger partial charge < -0.3 is 15.0 Å². The van der Waals surface area contributed by atoms with Crippen molar-refractivity contribution >= 4 is 11.6 Å². The van der Waals surface area contributed by atoms with Crippen LogP contribution in [0.2, 0.25) is 0 Å². The molecule has 0 aliphatic rings. The predicted octanol–water partition coefficient (Wildman–Crippen LogP) is 5.17. The van der Waals surface area contributed by atoms with E-state index in [4.69, 9.17) is 4.74 Å². The molecule has 1 N–H and O–H groups in total. The molecule has 2 aromatic carbocycles. The molecule has 176 valence electrons. The van der Waals surface area contributed by atoms with Gasteiger partial charge in [-0.25, -0.2) is 4.68 Å². The monoisotopic (exact) mass is 460 g/mol. The first kappa shape index (κ1) is 24.3. The SMILES string of the molecule is CCN(CC)CCOc1ccccc1NC(=O)c1cnn(-c2cccc(C(F)(F)F)c2)c1C. The number of ether oxygens (including phenoxy) is 1. The van der Waals surface area contributed by atoms with Crippen molar-refractivity contribution in [2.75, 3.05) is 31.6 Å². The van der Waals surface area contributed by atoms with Gasteiger partial charge in [-0.3, -0.25) is 4.79 Å². The van der Waals surface area contributed by atoms with Gasteiger partial charge in [0.25, 0.3) is 5.91 Å². The highest BCUT2D eigenvalue weighted by Gasteiger charge is 2.30. The molecule has 0 aliphatic heterocycles. The van der Waals surface area contributed by atoms with Crippen molar-refractivity contribution in [2.45, 2.75) is 26.9 Å². The van der Waals surface area contributed by atoms with Gasteiger partial charge in [-0.2, -0.15) is 18.3 Å². The number of alkyl halides is 3. The molecule has 0 atom stereocenters. The zero-order valence-corrected chi connectivity index (χ0v) is 18.8. The molecule has 1 heterocycles. The van der Waals surface area contributed by atoms with Crippen molar-refractivity contribution in [1.82, 2.24) is 14.7 Å². The third-order valence-electron chi connectivity index (χ3n) is 5.37. The van der Waals surface area contributed by atoms with Crippen molar-refractivity contribution in [3.63, 3.8) is 0 Å². The molecule has 0 saturated carbocycles. The fraction of sp³-hybridized carbons (Fsp3) is 0.333. The first-order valence-corrected chi connectivity index (χ1v) is 10.7. The minimum Gasteiger partial charge on any atom is -0.490 e. The number of hydrogen-bond acceptors (Lipinski definition) is 4. The van der Waals surface area contributed by atoms with E-state index in [-0.39, 0.29) is 11.3 Å². The van der Waals surface area contributed by atoms with E-state index in [0.717, 1.165) is 31.8 Å². The molecule has 0 bridgehead atoms. The Balaban J connectivity index is 1.76. The second-order valence-electron chi connectivity index (χ2n) is 7.43. The van der Waals surface area contributed by atoms with Crippen molar-refractivity contribution < 1.29 is 22.7 Å². The molecule has 6 nitrogen and oxygen atoms in total. The molecular weight excluding hydrogens is 433 g/mol. The second kappa shape index (κ2) is 10.5. The van der Waals surface area contributed by atoms with Gasteiger partial charge in [0, 0.05) is 6.54 Å². The number of nitrogens with one attached hydrogen (secondary N) is 1. The smallest absolute Gasteiger partial charge is 0.416 e. The maximum Gasteiger partial charge on any atom is 0.416 e. The zero-order valence-electron chi connectivity index (χ0n) is 18.8. The molecule has 3 rings (SSSR count). The van der Waals surface area contributed by atoms with Crippen molar-refractivity contribution in [3.05, 3.63) is 71.5 Å². The van der Waals surface area contributed by atoms with Crippen LogP contribution in [0.5, 0.6) is 5.75 Å². The summed E-state index contributed by atoms with van der Waals surface area (Å²) in [5.74, 6) is 0.117. The van der Waals surface area contributed by atoms with Crippen LogP contribution in [0.3, 0.4) is 0 Å². The number of likely N-dealkylation sites (N-methyl/N-ethyl adjacent to an activating group) is 1. The number of hydrogen-bond donors (Lipinski definition) is 1. The van der Waals surface area contributed by atoms with Crippen LogP contribution in [0, 0.1) is 6.92 Å². The van der Waals surface area contributed by atoms with E-state index in [1.165, 1.54) is 23.0 Å². The van der Waals surface area contributed by atoms with E-state index in [2.05, 4.69) is 29.2 Å². The molecule has 0 radical (unpaired) electrons. The number of benzene rings is 2. The predicted molar refractivity (Wildman–Crippen MR) is 121 cm³/mol. The number of nitrogens with zero attached hydrogens (tertiary/aromatic N) is 3. The summed E-state index contributed by atoms with van der Waals surface area (Å²) < 4.78 is 46.4. The molecule has 9 heteroatoms. The molecule has 0 aliphatic carbocycles. The minimum atomic E-state index is -4.47. The van der Waals surface area contributed by atoms with Gasteiger partial charge in [0.1, 0.15) is 12.4 Å². The van der Waals surface area contributed by atoms with E-state index in [1.54, 1.807) is 25.1 Å². The lowest BCUT2D eigenvalue weighted by Gasteiger charge is -2.19. The summed E-state index contributed by atoms with van der Waals surface area (Å²) in [6.45, 7) is 8.88. The number of anilines is 1. The third kappa shape index (κ3) is 5.92. The summed E-state index contributed by atoms with van der Waals surface area (Å²) in [6, 6.07) is 11.9. The fourth-order valence-corrected chi connectivity index (χ4v) is 3.42. The van der Waals surface area contributed by atoms with Crippen LogP contribution < -0.4 is 10.1 Å². The van der Waals surface area contributed by atoms with Gasteiger partial charge in [0.15, 0.2) is 0 Å². The third-order valence-corrected chi connectivity index (χ3v) is 5.37. The van der Waals surface area contributed by atoms with Crippen LogP contribution in [-0.2, 0) is 6.18 Å². The first-order valence-electron chi connectivity index (χ1n) is 10.7. The van der Waals surface area contributed by atoms with Crippen molar-refractivity contribution in [1.29, 1.82) is 0 Å². The minimum absolute atomic E-state index is 0.224. The Labute approximate surface area is 191 Å². The van der Waals surface area contributed by atoms with Crippen LogP contribution >= 0.6 is 0 Å². The lowest BCUT2D eigenvalue weighted by molar-refractivity contribution is -0.137. The summed E-state index contributed by atoms with van der Waals surface area (Å²) in [5, 5.41) is 6.96. The standard InChI is InChI=1S/C24H27F3N4O2/c1-4-30(5-2)13-14-33-22-12-7-6-11-21(22)29-23(32)20-16-28-31(17(20)3)19-10-8-9-18(15-19)24(25,26)27/h6-12,15-16H,4-5,13-14H2,1-3H3,(H,29,32). The number of para-hydroxylation sites is 2. The van der Waals surface area contributed by atoms with E-state index in [1.807, 2.05) is 6.07 Å². The highest BCUT2D eigenvalue weighted by atomic mass is 19.4. The normalized spacial score (nSPS) is 11.6. The maximum absolute atomic E-state index is 13.1. The highest BCUT2D eigenvalue weighted by molar-refractivity contribution is 6.05. The van der Waals surface area contributed by atoms with Gasteiger partial charge in [0.2, 0.25) is 0 Å². The van der Waals surface area contributed by atoms with Crippen molar-refractivity contribution in [3.8, 4) is 11.4 Å². The summed E-state index contributed by atoms with van der Waals surface area (Å²) >= 11 is 0. The molecule has 1 aromatic heterocycles.